The number of hydrogen-bond acceptors (Lipinski definition) is 4. The third-order valence-corrected chi connectivity index (χ3v) is 6.49. The van der Waals surface area contributed by atoms with E-state index in [-0.39, 0.29) is 22.2 Å². The summed E-state index contributed by atoms with van der Waals surface area (Å²) in [5.74, 6) is -1.65. The molecule has 3 rings (SSSR count). The van der Waals surface area contributed by atoms with Crippen LogP contribution in [0.2, 0.25) is 20.1 Å². The molecule has 10 heteroatoms. The monoisotopic (exact) mass is 488 g/mol. The lowest BCUT2D eigenvalue weighted by molar-refractivity contribution is -0.137. The Labute approximate surface area is 190 Å². The van der Waals surface area contributed by atoms with Crippen LogP contribution in [0.4, 0.5) is 0 Å². The number of hydrogen-bond donors (Lipinski definition) is 2. The first kappa shape index (κ1) is 21.9. The van der Waals surface area contributed by atoms with Crippen molar-refractivity contribution >= 4 is 69.6 Å². The molecule has 3 aromatic rings. The van der Waals surface area contributed by atoms with Crippen molar-refractivity contribution in [2.45, 2.75) is 12.5 Å². The van der Waals surface area contributed by atoms with Gasteiger partial charge in [0.25, 0.3) is 5.91 Å². The van der Waals surface area contributed by atoms with Gasteiger partial charge in [0.2, 0.25) is 0 Å². The summed E-state index contributed by atoms with van der Waals surface area (Å²) in [5, 5.41) is 15.1. The Kier molecular flexibility index (Phi) is 7.03. The predicted molar refractivity (Wildman–Crippen MR) is 116 cm³/mol. The van der Waals surface area contributed by atoms with Crippen molar-refractivity contribution in [1.29, 1.82) is 0 Å². The van der Waals surface area contributed by atoms with E-state index in [1.807, 2.05) is 0 Å². The second-order valence-corrected chi connectivity index (χ2v) is 8.33. The lowest BCUT2D eigenvalue weighted by atomic mass is 10.0. The van der Waals surface area contributed by atoms with Crippen LogP contribution in [0.1, 0.15) is 28.5 Å². The molecular formula is C19H12Cl4N2O3S. The van der Waals surface area contributed by atoms with Gasteiger partial charge in [-0.1, -0.05) is 70.7 Å². The Morgan fingerprint density at radius 3 is 2.38 bits per heavy atom. The summed E-state index contributed by atoms with van der Waals surface area (Å²) in [7, 11) is 0. The van der Waals surface area contributed by atoms with Crippen LogP contribution in [0.25, 0.3) is 10.6 Å². The van der Waals surface area contributed by atoms with Crippen molar-refractivity contribution in [2.75, 3.05) is 0 Å². The molecule has 0 unspecified atom stereocenters. The average molecular weight is 490 g/mol. The number of benzene rings is 2. The summed E-state index contributed by atoms with van der Waals surface area (Å²) in [6.45, 7) is 0. The molecule has 2 aromatic carbocycles. The van der Waals surface area contributed by atoms with Crippen molar-refractivity contribution < 1.29 is 14.7 Å². The molecule has 29 heavy (non-hydrogen) atoms. The van der Waals surface area contributed by atoms with Crippen LogP contribution in [0.5, 0.6) is 0 Å². The number of carboxylic acids is 1. The van der Waals surface area contributed by atoms with Gasteiger partial charge in [-0.25, -0.2) is 4.98 Å². The number of halogens is 4. The van der Waals surface area contributed by atoms with E-state index in [0.717, 1.165) is 0 Å². The number of nitrogens with one attached hydrogen (secondary N) is 1. The number of aliphatic carboxylic acids is 1. The van der Waals surface area contributed by atoms with E-state index < -0.39 is 17.9 Å². The molecule has 1 atom stereocenters. The highest BCUT2D eigenvalue weighted by Crippen LogP contribution is 2.35. The second kappa shape index (κ2) is 9.32. The van der Waals surface area contributed by atoms with Gasteiger partial charge in [-0.15, -0.1) is 11.3 Å². The van der Waals surface area contributed by atoms with Gasteiger partial charge in [-0.3, -0.25) is 9.59 Å². The van der Waals surface area contributed by atoms with Gasteiger partial charge in [0, 0.05) is 10.9 Å². The molecule has 150 valence electrons. The number of carbonyl (C=O) groups is 2. The maximum atomic E-state index is 12.7. The van der Waals surface area contributed by atoms with Crippen LogP contribution in [0.15, 0.2) is 41.8 Å². The minimum absolute atomic E-state index is 0.120. The summed E-state index contributed by atoms with van der Waals surface area (Å²) in [6.07, 6.45) is -0.372. The van der Waals surface area contributed by atoms with Crippen molar-refractivity contribution in [2.24, 2.45) is 0 Å². The molecule has 2 N–H and O–H groups in total. The fourth-order valence-corrected chi connectivity index (χ4v) is 4.32. The highest BCUT2D eigenvalue weighted by atomic mass is 35.5. The molecule has 0 aliphatic carbocycles. The number of thiazole rings is 1. The first-order chi connectivity index (χ1) is 13.8. The summed E-state index contributed by atoms with van der Waals surface area (Å²) in [5.41, 5.74) is 1.13. The maximum Gasteiger partial charge on any atom is 0.305 e. The Morgan fingerprint density at radius 1 is 1.03 bits per heavy atom. The number of carbonyl (C=O) groups excluding carboxylic acids is 1. The van der Waals surface area contributed by atoms with Crippen LogP contribution in [0.3, 0.4) is 0 Å². The summed E-state index contributed by atoms with van der Waals surface area (Å²) in [6, 6.07) is 9.06. The zero-order valence-electron chi connectivity index (χ0n) is 14.5. The van der Waals surface area contributed by atoms with Gasteiger partial charge in [-0.2, -0.15) is 0 Å². The summed E-state index contributed by atoms with van der Waals surface area (Å²) in [4.78, 5) is 28.3. The third-order valence-electron chi connectivity index (χ3n) is 3.96. The van der Waals surface area contributed by atoms with Gasteiger partial charge in [-0.05, 0) is 17.7 Å². The van der Waals surface area contributed by atoms with Crippen LogP contribution < -0.4 is 5.32 Å². The third kappa shape index (κ3) is 5.02. The molecule has 1 amide bonds. The lowest BCUT2D eigenvalue weighted by Gasteiger charge is -2.18. The molecule has 0 saturated heterocycles. The minimum Gasteiger partial charge on any atom is -0.481 e. The quantitative estimate of drug-likeness (QED) is 0.421. The normalized spacial score (nSPS) is 11.9. The van der Waals surface area contributed by atoms with Crippen LogP contribution in [-0.4, -0.2) is 22.0 Å². The zero-order chi connectivity index (χ0) is 21.1. The molecule has 1 heterocycles. The largest absolute Gasteiger partial charge is 0.481 e. The van der Waals surface area contributed by atoms with Crippen LogP contribution in [-0.2, 0) is 4.79 Å². The van der Waals surface area contributed by atoms with E-state index in [4.69, 9.17) is 46.4 Å². The Balaban J connectivity index is 1.87. The van der Waals surface area contributed by atoms with Gasteiger partial charge in [0.05, 0.1) is 32.6 Å². The Hall–Kier alpha value is -1.83. The molecule has 0 spiro atoms. The van der Waals surface area contributed by atoms with Crippen molar-refractivity contribution in [3.05, 3.63) is 73.1 Å². The van der Waals surface area contributed by atoms with E-state index >= 15 is 0 Å². The SMILES string of the molecule is O=C(O)C[C@H](NC(=O)c1csc(-c2cccc(Cl)c2Cl)n1)c1cccc(Cl)c1Cl. The number of carboxylic acid groups (broad SMARTS) is 1. The second-order valence-electron chi connectivity index (χ2n) is 5.91. The van der Waals surface area contributed by atoms with Crippen LogP contribution >= 0.6 is 57.7 Å². The highest BCUT2D eigenvalue weighted by molar-refractivity contribution is 7.13. The first-order valence-corrected chi connectivity index (χ1v) is 10.5. The average Bonchev–Trinajstić information content (AvgIpc) is 3.15. The van der Waals surface area contributed by atoms with Crippen molar-refractivity contribution in [3.63, 3.8) is 0 Å². The maximum absolute atomic E-state index is 12.7. The number of nitrogens with zero attached hydrogens (tertiary/aromatic N) is 1. The van der Waals surface area contributed by atoms with Gasteiger partial charge in [0.15, 0.2) is 0 Å². The van der Waals surface area contributed by atoms with Gasteiger partial charge < -0.3 is 10.4 Å². The van der Waals surface area contributed by atoms with E-state index in [9.17, 15) is 14.7 Å². The zero-order valence-corrected chi connectivity index (χ0v) is 18.3. The first-order valence-electron chi connectivity index (χ1n) is 8.14. The standard InChI is InChI=1S/C19H12Cl4N2O3S/c20-11-5-1-3-9(16(11)22)13(7-15(26)27)24-18(28)14-8-29-19(25-14)10-4-2-6-12(21)17(10)23/h1-6,8,13H,7H2,(H,24,28)(H,26,27)/t13-/m0/s1. The summed E-state index contributed by atoms with van der Waals surface area (Å²) < 4.78 is 0. The smallest absolute Gasteiger partial charge is 0.305 e. The van der Waals surface area contributed by atoms with Crippen molar-refractivity contribution in [3.8, 4) is 10.6 Å². The number of rotatable bonds is 6. The molecule has 0 bridgehead atoms. The summed E-state index contributed by atoms with van der Waals surface area (Å²) >= 11 is 25.7. The lowest BCUT2D eigenvalue weighted by Crippen LogP contribution is -2.30. The van der Waals surface area contributed by atoms with E-state index in [1.54, 1.807) is 41.8 Å². The van der Waals surface area contributed by atoms with E-state index in [1.165, 1.54) is 11.3 Å². The molecule has 5 nitrogen and oxygen atoms in total. The Bertz CT molecular complexity index is 1090. The van der Waals surface area contributed by atoms with E-state index in [0.29, 0.717) is 26.2 Å². The van der Waals surface area contributed by atoms with E-state index in [2.05, 4.69) is 10.3 Å². The molecule has 0 fully saturated rings. The molecule has 0 radical (unpaired) electrons. The molecule has 0 saturated carbocycles. The van der Waals surface area contributed by atoms with Gasteiger partial charge >= 0.3 is 5.97 Å². The fourth-order valence-electron chi connectivity index (χ4n) is 2.61. The van der Waals surface area contributed by atoms with Crippen LogP contribution in [0, 0.1) is 0 Å². The number of amides is 1. The molecule has 0 aliphatic heterocycles. The molecule has 0 aliphatic rings. The highest BCUT2D eigenvalue weighted by Gasteiger charge is 2.23. The number of aromatic nitrogens is 1. The Morgan fingerprint density at radius 2 is 1.69 bits per heavy atom. The fraction of sp³-hybridized carbons (Fsp3) is 0.105. The van der Waals surface area contributed by atoms with Gasteiger partial charge in [0.1, 0.15) is 10.7 Å². The topological polar surface area (TPSA) is 79.3 Å². The molecular weight excluding hydrogens is 478 g/mol. The predicted octanol–water partition coefficient (Wildman–Crippen LogP) is 6.37. The van der Waals surface area contributed by atoms with Crippen molar-refractivity contribution in [1.82, 2.24) is 10.3 Å². The molecule has 1 aromatic heterocycles. The minimum atomic E-state index is -1.10.